The number of hydrogen-bond acceptors (Lipinski definition) is 2. The van der Waals surface area contributed by atoms with Crippen molar-refractivity contribution >= 4 is 12.2 Å². The summed E-state index contributed by atoms with van der Waals surface area (Å²) >= 11 is 5.27. The zero-order chi connectivity index (χ0) is 13.2. The lowest BCUT2D eigenvalue weighted by Crippen LogP contribution is -2.10. The smallest absolute Gasteiger partial charge is 0.130 e. The second-order valence-electron chi connectivity index (χ2n) is 5.15. The maximum atomic E-state index is 5.27. The van der Waals surface area contributed by atoms with Crippen LogP contribution in [0.15, 0.2) is 30.3 Å². The molecule has 3 heteroatoms. The molecule has 1 aromatic heterocycles. The van der Waals surface area contributed by atoms with Crippen molar-refractivity contribution in [1.29, 1.82) is 0 Å². The highest BCUT2D eigenvalue weighted by Crippen LogP contribution is 2.40. The molecule has 1 fully saturated rings. The molecule has 0 amide bonds. The summed E-state index contributed by atoms with van der Waals surface area (Å²) in [5, 5.41) is 0. The number of H-pyrrole nitrogens is 1. The lowest BCUT2D eigenvalue weighted by atomic mass is 9.78. The molecule has 0 saturated heterocycles. The molecule has 0 spiro atoms. The van der Waals surface area contributed by atoms with E-state index in [2.05, 4.69) is 41.2 Å². The molecule has 1 heterocycles. The van der Waals surface area contributed by atoms with Crippen LogP contribution in [-0.2, 0) is 6.42 Å². The van der Waals surface area contributed by atoms with Crippen LogP contribution in [-0.4, -0.2) is 9.97 Å². The van der Waals surface area contributed by atoms with Crippen LogP contribution in [0.2, 0.25) is 0 Å². The van der Waals surface area contributed by atoms with Crippen LogP contribution in [0.5, 0.6) is 0 Å². The lowest BCUT2D eigenvalue weighted by molar-refractivity contribution is 0.420. The van der Waals surface area contributed by atoms with Gasteiger partial charge in [0.25, 0.3) is 0 Å². The number of hydrogen-bond donors (Lipinski definition) is 1. The molecule has 3 rings (SSSR count). The number of aryl methyl sites for hydroxylation is 1. The van der Waals surface area contributed by atoms with Gasteiger partial charge in [-0.1, -0.05) is 49.8 Å². The molecular weight excluding hydrogens is 252 g/mol. The van der Waals surface area contributed by atoms with Crippen molar-refractivity contribution in [3.8, 4) is 11.3 Å². The van der Waals surface area contributed by atoms with Gasteiger partial charge in [0.15, 0.2) is 0 Å². The highest BCUT2D eigenvalue weighted by Gasteiger charge is 2.22. The number of aromatic nitrogens is 2. The fourth-order valence-electron chi connectivity index (χ4n) is 2.64. The number of rotatable bonds is 3. The molecule has 0 unspecified atom stereocenters. The highest BCUT2D eigenvalue weighted by molar-refractivity contribution is 7.71. The molecular formula is C16H18N2S. The molecule has 1 aliphatic rings. The van der Waals surface area contributed by atoms with Crippen LogP contribution in [0.3, 0.4) is 0 Å². The number of nitrogens with one attached hydrogen (secondary N) is 1. The molecule has 1 saturated carbocycles. The maximum absolute atomic E-state index is 5.27. The van der Waals surface area contributed by atoms with Crippen LogP contribution in [0, 0.1) is 4.64 Å². The average molecular weight is 270 g/mol. The molecule has 98 valence electrons. The van der Waals surface area contributed by atoms with Gasteiger partial charge in [-0.2, -0.15) is 0 Å². The Balaban J connectivity index is 2.11. The monoisotopic (exact) mass is 270 g/mol. The first-order valence-electron chi connectivity index (χ1n) is 6.97. The van der Waals surface area contributed by atoms with Crippen LogP contribution < -0.4 is 0 Å². The van der Waals surface area contributed by atoms with Crippen molar-refractivity contribution in [2.45, 2.75) is 38.5 Å². The molecule has 0 radical (unpaired) electrons. The Morgan fingerprint density at radius 1 is 1.32 bits per heavy atom. The third kappa shape index (κ3) is 2.47. The standard InChI is InChI=1S/C16H18N2S/c1-2-15-17-14(10-16(19)18-15)13-9-4-3-8-12(13)11-6-5-7-11/h3-4,8-11H,2,5-7H2,1H3,(H,17,18,19). The minimum absolute atomic E-state index is 0.675. The van der Waals surface area contributed by atoms with Crippen molar-refractivity contribution < 1.29 is 0 Å². The summed E-state index contributed by atoms with van der Waals surface area (Å²) in [5.74, 6) is 1.68. The summed E-state index contributed by atoms with van der Waals surface area (Å²) in [6.07, 6.45) is 4.85. The Morgan fingerprint density at radius 2 is 2.11 bits per heavy atom. The number of nitrogens with zero attached hydrogens (tertiary/aromatic N) is 1. The first kappa shape index (κ1) is 12.5. The van der Waals surface area contributed by atoms with E-state index in [1.807, 2.05) is 6.07 Å². The predicted octanol–water partition coefficient (Wildman–Crippen LogP) is 4.64. The molecule has 19 heavy (non-hydrogen) atoms. The Bertz CT molecular complexity index is 641. The summed E-state index contributed by atoms with van der Waals surface area (Å²) in [4.78, 5) is 7.76. The van der Waals surface area contributed by atoms with Gasteiger partial charge < -0.3 is 4.98 Å². The van der Waals surface area contributed by atoms with E-state index in [0.717, 1.165) is 23.9 Å². The molecule has 0 bridgehead atoms. The summed E-state index contributed by atoms with van der Waals surface area (Å²) in [7, 11) is 0. The van der Waals surface area contributed by atoms with Crippen molar-refractivity contribution in [2.75, 3.05) is 0 Å². The van der Waals surface area contributed by atoms with E-state index in [1.54, 1.807) is 0 Å². The van der Waals surface area contributed by atoms with E-state index in [-0.39, 0.29) is 0 Å². The molecule has 1 aromatic carbocycles. The van der Waals surface area contributed by atoms with E-state index < -0.39 is 0 Å². The van der Waals surface area contributed by atoms with E-state index in [0.29, 0.717) is 4.64 Å². The van der Waals surface area contributed by atoms with Gasteiger partial charge >= 0.3 is 0 Å². The largest absolute Gasteiger partial charge is 0.343 e. The fraction of sp³-hybridized carbons (Fsp3) is 0.375. The predicted molar refractivity (Wildman–Crippen MR) is 80.8 cm³/mol. The van der Waals surface area contributed by atoms with Crippen LogP contribution in [0.1, 0.15) is 43.5 Å². The van der Waals surface area contributed by atoms with Crippen LogP contribution >= 0.6 is 12.2 Å². The summed E-state index contributed by atoms with van der Waals surface area (Å²) in [5.41, 5.74) is 3.85. The van der Waals surface area contributed by atoms with Gasteiger partial charge in [0.05, 0.1) is 0 Å². The molecule has 2 aromatic rings. The Labute approximate surface area is 118 Å². The third-order valence-electron chi connectivity index (χ3n) is 3.92. The molecule has 0 aliphatic heterocycles. The zero-order valence-electron chi connectivity index (χ0n) is 11.1. The van der Waals surface area contributed by atoms with E-state index in [1.165, 1.54) is 30.4 Å². The minimum Gasteiger partial charge on any atom is -0.343 e. The summed E-state index contributed by atoms with van der Waals surface area (Å²) < 4.78 is 0.675. The molecule has 2 nitrogen and oxygen atoms in total. The SMILES string of the molecule is CCc1nc(=S)cc(-c2ccccc2C2CCC2)[nH]1. The Kier molecular flexibility index (Phi) is 3.47. The third-order valence-corrected chi connectivity index (χ3v) is 4.13. The molecule has 1 N–H and O–H groups in total. The topological polar surface area (TPSA) is 28.7 Å². The van der Waals surface area contributed by atoms with Gasteiger partial charge in [0.2, 0.25) is 0 Å². The van der Waals surface area contributed by atoms with Crippen molar-refractivity contribution in [2.24, 2.45) is 0 Å². The number of benzene rings is 1. The van der Waals surface area contributed by atoms with E-state index in [4.69, 9.17) is 12.2 Å². The Morgan fingerprint density at radius 3 is 2.79 bits per heavy atom. The summed E-state index contributed by atoms with van der Waals surface area (Å²) in [6, 6.07) is 10.6. The van der Waals surface area contributed by atoms with Gasteiger partial charge in [0.1, 0.15) is 10.5 Å². The second-order valence-corrected chi connectivity index (χ2v) is 5.57. The molecule has 0 atom stereocenters. The number of aromatic amines is 1. The highest BCUT2D eigenvalue weighted by atomic mass is 32.1. The second kappa shape index (κ2) is 5.25. The van der Waals surface area contributed by atoms with Crippen molar-refractivity contribution in [1.82, 2.24) is 9.97 Å². The first-order chi connectivity index (χ1) is 9.28. The molecule has 1 aliphatic carbocycles. The lowest BCUT2D eigenvalue weighted by Gasteiger charge is -2.28. The summed E-state index contributed by atoms with van der Waals surface area (Å²) in [6.45, 7) is 2.09. The average Bonchev–Trinajstić information content (AvgIpc) is 2.36. The zero-order valence-corrected chi connectivity index (χ0v) is 12.0. The maximum Gasteiger partial charge on any atom is 0.130 e. The first-order valence-corrected chi connectivity index (χ1v) is 7.38. The van der Waals surface area contributed by atoms with Gasteiger partial charge in [-0.25, -0.2) is 4.98 Å². The van der Waals surface area contributed by atoms with Crippen molar-refractivity contribution in [3.05, 3.63) is 46.4 Å². The van der Waals surface area contributed by atoms with Gasteiger partial charge in [-0.05, 0) is 30.4 Å². The minimum atomic E-state index is 0.675. The van der Waals surface area contributed by atoms with Gasteiger partial charge in [-0.15, -0.1) is 0 Å². The quantitative estimate of drug-likeness (QED) is 0.823. The van der Waals surface area contributed by atoms with E-state index >= 15 is 0 Å². The Hall–Kier alpha value is -1.48. The fourth-order valence-corrected chi connectivity index (χ4v) is 2.87. The van der Waals surface area contributed by atoms with Gasteiger partial charge in [0, 0.05) is 17.7 Å². The van der Waals surface area contributed by atoms with Crippen LogP contribution in [0.4, 0.5) is 0 Å². The van der Waals surface area contributed by atoms with E-state index in [9.17, 15) is 0 Å². The normalized spacial score (nSPS) is 15.2. The van der Waals surface area contributed by atoms with Gasteiger partial charge in [-0.3, -0.25) is 0 Å². The van der Waals surface area contributed by atoms with Crippen LogP contribution in [0.25, 0.3) is 11.3 Å². The van der Waals surface area contributed by atoms with Crippen molar-refractivity contribution in [3.63, 3.8) is 0 Å².